The molecule has 2 unspecified atom stereocenters. The Morgan fingerprint density at radius 2 is 2.13 bits per heavy atom. The van der Waals surface area contributed by atoms with Gasteiger partial charge in [0.15, 0.2) is 0 Å². The van der Waals surface area contributed by atoms with Crippen LogP contribution in [0.1, 0.15) is 33.6 Å². The highest BCUT2D eigenvalue weighted by atomic mass is 16.6. The normalized spacial score (nSPS) is 33.9. The van der Waals surface area contributed by atoms with Gasteiger partial charge in [-0.05, 0) is 39.5 Å². The maximum absolute atomic E-state index is 11.9. The van der Waals surface area contributed by atoms with Gasteiger partial charge in [0.25, 0.3) is 0 Å². The van der Waals surface area contributed by atoms with Crippen LogP contribution in [-0.4, -0.2) is 40.4 Å². The molecule has 2 rings (SSSR count). The summed E-state index contributed by atoms with van der Waals surface area (Å²) in [5.74, 6) is 0.606. The first-order valence-corrected chi connectivity index (χ1v) is 5.54. The zero-order valence-corrected chi connectivity index (χ0v) is 9.56. The van der Waals surface area contributed by atoms with Gasteiger partial charge < -0.3 is 9.84 Å². The van der Waals surface area contributed by atoms with Crippen LogP contribution >= 0.6 is 0 Å². The number of hydrogen-bond acceptors (Lipinski definition) is 3. The first kappa shape index (κ1) is 10.7. The van der Waals surface area contributed by atoms with Gasteiger partial charge in [0.05, 0.1) is 12.6 Å². The third kappa shape index (κ3) is 2.09. The summed E-state index contributed by atoms with van der Waals surface area (Å²) in [6, 6.07) is 0.306. The first-order chi connectivity index (χ1) is 6.92. The number of nitrogens with zero attached hydrogens (tertiary/aromatic N) is 1. The van der Waals surface area contributed by atoms with Gasteiger partial charge in [0.2, 0.25) is 0 Å². The second-order valence-electron chi connectivity index (χ2n) is 5.52. The van der Waals surface area contributed by atoms with E-state index in [1.54, 1.807) is 4.90 Å². The Morgan fingerprint density at radius 3 is 2.67 bits per heavy atom. The average Bonchev–Trinajstić information content (AvgIpc) is 2.73. The molecule has 0 spiro atoms. The summed E-state index contributed by atoms with van der Waals surface area (Å²) in [7, 11) is 0. The molecule has 1 saturated carbocycles. The van der Waals surface area contributed by atoms with Gasteiger partial charge in [0, 0.05) is 6.04 Å². The lowest BCUT2D eigenvalue weighted by Gasteiger charge is -2.29. The third-order valence-electron chi connectivity index (χ3n) is 3.03. The minimum Gasteiger partial charge on any atom is -0.444 e. The smallest absolute Gasteiger partial charge is 0.410 e. The van der Waals surface area contributed by atoms with Gasteiger partial charge in [-0.1, -0.05) is 0 Å². The lowest BCUT2D eigenvalue weighted by Crippen LogP contribution is -2.43. The molecule has 1 N–H and O–H groups in total. The number of fused-ring (bicyclic) bond motifs is 1. The van der Waals surface area contributed by atoms with Gasteiger partial charge in [-0.2, -0.15) is 0 Å². The second kappa shape index (κ2) is 3.37. The molecule has 1 amide bonds. The van der Waals surface area contributed by atoms with Gasteiger partial charge in [0.1, 0.15) is 5.60 Å². The van der Waals surface area contributed by atoms with E-state index in [1.165, 1.54) is 0 Å². The van der Waals surface area contributed by atoms with Crippen LogP contribution in [0.25, 0.3) is 0 Å². The Balaban J connectivity index is 1.99. The minimum absolute atomic E-state index is 0.0244. The molecule has 2 aliphatic rings. The lowest BCUT2D eigenvalue weighted by atomic mass is 10.2. The molecule has 1 aliphatic heterocycles. The van der Waals surface area contributed by atoms with Crippen molar-refractivity contribution in [1.82, 2.24) is 4.90 Å². The zero-order valence-electron chi connectivity index (χ0n) is 9.56. The minimum atomic E-state index is -0.454. The van der Waals surface area contributed by atoms with Gasteiger partial charge in [-0.3, -0.25) is 4.90 Å². The molecule has 4 nitrogen and oxygen atoms in total. The van der Waals surface area contributed by atoms with Crippen molar-refractivity contribution < 1.29 is 14.6 Å². The molecule has 1 aliphatic carbocycles. The topological polar surface area (TPSA) is 49.8 Å². The predicted molar refractivity (Wildman–Crippen MR) is 55.5 cm³/mol. The fraction of sp³-hybridized carbons (Fsp3) is 0.909. The Kier molecular flexibility index (Phi) is 2.41. The molecule has 2 fully saturated rings. The SMILES string of the molecule is CC(C)(C)OC(=O)N1C(CO)CC2C[C@@H]21. The summed E-state index contributed by atoms with van der Waals surface area (Å²) >= 11 is 0. The number of rotatable bonds is 1. The summed E-state index contributed by atoms with van der Waals surface area (Å²) in [5.41, 5.74) is -0.454. The van der Waals surface area contributed by atoms with E-state index in [0.717, 1.165) is 12.8 Å². The standard InChI is InChI=1S/C11H19NO3/c1-11(2,3)15-10(14)12-8(6-13)4-7-5-9(7)12/h7-9,13H,4-6H2,1-3H3/t7?,8?,9-/m0/s1. The van der Waals surface area contributed by atoms with Gasteiger partial charge in [-0.25, -0.2) is 4.79 Å². The van der Waals surface area contributed by atoms with Crippen molar-refractivity contribution in [3.63, 3.8) is 0 Å². The molecule has 1 saturated heterocycles. The van der Waals surface area contributed by atoms with Crippen molar-refractivity contribution in [3.05, 3.63) is 0 Å². The van der Waals surface area contributed by atoms with E-state index >= 15 is 0 Å². The molecule has 3 atom stereocenters. The van der Waals surface area contributed by atoms with E-state index in [0.29, 0.717) is 12.0 Å². The van der Waals surface area contributed by atoms with Crippen LogP contribution < -0.4 is 0 Å². The molecule has 1 heterocycles. The highest BCUT2D eigenvalue weighted by molar-refractivity contribution is 5.70. The number of ether oxygens (including phenoxy) is 1. The number of amides is 1. The quantitative estimate of drug-likeness (QED) is 0.715. The van der Waals surface area contributed by atoms with Crippen molar-refractivity contribution in [1.29, 1.82) is 0 Å². The monoisotopic (exact) mass is 213 g/mol. The Labute approximate surface area is 90.2 Å². The number of carbonyl (C=O) groups excluding carboxylic acids is 1. The fourth-order valence-electron chi connectivity index (χ4n) is 2.32. The molecular weight excluding hydrogens is 194 g/mol. The summed E-state index contributed by atoms with van der Waals surface area (Å²) in [6.45, 7) is 5.63. The van der Waals surface area contributed by atoms with E-state index in [9.17, 15) is 9.90 Å². The van der Waals surface area contributed by atoms with Crippen LogP contribution in [0.3, 0.4) is 0 Å². The summed E-state index contributed by atoms with van der Waals surface area (Å²) < 4.78 is 5.33. The van der Waals surface area contributed by atoms with Gasteiger partial charge in [-0.15, -0.1) is 0 Å². The van der Waals surface area contributed by atoms with Crippen molar-refractivity contribution in [3.8, 4) is 0 Å². The van der Waals surface area contributed by atoms with E-state index in [4.69, 9.17) is 4.74 Å². The number of piperidine rings is 1. The number of aliphatic hydroxyl groups excluding tert-OH is 1. The van der Waals surface area contributed by atoms with Crippen LogP contribution in [0.15, 0.2) is 0 Å². The highest BCUT2D eigenvalue weighted by Crippen LogP contribution is 2.48. The van der Waals surface area contributed by atoms with Gasteiger partial charge >= 0.3 is 6.09 Å². The van der Waals surface area contributed by atoms with E-state index in [-0.39, 0.29) is 18.7 Å². The number of likely N-dealkylation sites (tertiary alicyclic amines) is 1. The molecule has 0 aromatic carbocycles. The molecular formula is C11H19NO3. The van der Waals surface area contributed by atoms with E-state index in [1.807, 2.05) is 20.8 Å². The number of carbonyl (C=O) groups is 1. The first-order valence-electron chi connectivity index (χ1n) is 5.54. The number of hydrogen-bond donors (Lipinski definition) is 1. The molecule has 0 radical (unpaired) electrons. The van der Waals surface area contributed by atoms with Crippen LogP contribution in [0.4, 0.5) is 4.79 Å². The fourth-order valence-corrected chi connectivity index (χ4v) is 2.32. The number of aliphatic hydroxyl groups is 1. The predicted octanol–water partition coefficient (Wildman–Crippen LogP) is 1.38. The largest absolute Gasteiger partial charge is 0.444 e. The summed E-state index contributed by atoms with van der Waals surface area (Å²) in [6.07, 6.45) is 1.74. The maximum atomic E-state index is 11.9. The van der Waals surface area contributed by atoms with E-state index in [2.05, 4.69) is 0 Å². The van der Waals surface area contributed by atoms with Crippen LogP contribution in [0.2, 0.25) is 0 Å². The Morgan fingerprint density at radius 1 is 1.47 bits per heavy atom. The highest BCUT2D eigenvalue weighted by Gasteiger charge is 2.54. The summed E-state index contributed by atoms with van der Waals surface area (Å²) in [4.78, 5) is 13.6. The van der Waals surface area contributed by atoms with Crippen molar-refractivity contribution in [2.75, 3.05) is 6.61 Å². The van der Waals surface area contributed by atoms with Crippen LogP contribution in [-0.2, 0) is 4.74 Å². The lowest BCUT2D eigenvalue weighted by molar-refractivity contribution is 0.0126. The maximum Gasteiger partial charge on any atom is 0.410 e. The summed E-state index contributed by atoms with van der Waals surface area (Å²) in [5, 5.41) is 9.17. The molecule has 86 valence electrons. The third-order valence-corrected chi connectivity index (χ3v) is 3.03. The van der Waals surface area contributed by atoms with Crippen LogP contribution in [0, 0.1) is 5.92 Å². The Hall–Kier alpha value is -0.770. The van der Waals surface area contributed by atoms with Crippen molar-refractivity contribution >= 4 is 6.09 Å². The molecule has 4 heteroatoms. The average molecular weight is 213 g/mol. The van der Waals surface area contributed by atoms with Crippen molar-refractivity contribution in [2.45, 2.75) is 51.3 Å². The Bertz CT molecular complexity index is 271. The van der Waals surface area contributed by atoms with Crippen LogP contribution in [0.5, 0.6) is 0 Å². The molecule has 0 bridgehead atoms. The molecule has 15 heavy (non-hydrogen) atoms. The van der Waals surface area contributed by atoms with E-state index < -0.39 is 5.60 Å². The second-order valence-corrected chi connectivity index (χ2v) is 5.52. The van der Waals surface area contributed by atoms with Crippen molar-refractivity contribution in [2.24, 2.45) is 5.92 Å². The zero-order chi connectivity index (χ0) is 11.2. The molecule has 0 aromatic rings. The molecule has 0 aromatic heterocycles.